The lowest BCUT2D eigenvalue weighted by atomic mass is 10.1. The summed E-state index contributed by atoms with van der Waals surface area (Å²) >= 11 is 5.78. The molecular formula is C16H16ClNO. The number of amides is 1. The molecule has 0 aliphatic rings. The number of alkyl halides is 1. The number of aryl methyl sites for hydroxylation is 2. The Kier molecular flexibility index (Phi) is 4.23. The molecule has 0 unspecified atom stereocenters. The van der Waals surface area contributed by atoms with Gasteiger partial charge in [-0.25, -0.2) is 0 Å². The summed E-state index contributed by atoms with van der Waals surface area (Å²) in [5.74, 6) is 0.300. The number of rotatable bonds is 3. The summed E-state index contributed by atoms with van der Waals surface area (Å²) in [6.07, 6.45) is 0. The monoisotopic (exact) mass is 273 g/mol. The molecule has 0 aromatic heterocycles. The number of hydrogen-bond donors (Lipinski definition) is 1. The fraction of sp³-hybridized carbons (Fsp3) is 0.188. The molecule has 19 heavy (non-hydrogen) atoms. The molecule has 2 rings (SSSR count). The SMILES string of the molecule is Cc1cccc(C)c1NC(=O)c1cccc(CCl)c1. The smallest absolute Gasteiger partial charge is 0.255 e. The Morgan fingerprint density at radius 2 is 1.74 bits per heavy atom. The number of carbonyl (C=O) groups is 1. The van der Waals surface area contributed by atoms with Crippen molar-refractivity contribution in [2.75, 3.05) is 5.32 Å². The molecule has 3 heteroatoms. The van der Waals surface area contributed by atoms with E-state index in [2.05, 4.69) is 5.32 Å². The molecule has 98 valence electrons. The van der Waals surface area contributed by atoms with Gasteiger partial charge in [0.05, 0.1) is 0 Å². The van der Waals surface area contributed by atoms with Crippen molar-refractivity contribution in [3.63, 3.8) is 0 Å². The van der Waals surface area contributed by atoms with Crippen molar-refractivity contribution in [1.29, 1.82) is 0 Å². The van der Waals surface area contributed by atoms with Crippen LogP contribution in [0.5, 0.6) is 0 Å². The minimum Gasteiger partial charge on any atom is -0.322 e. The topological polar surface area (TPSA) is 29.1 Å². The molecular weight excluding hydrogens is 258 g/mol. The maximum absolute atomic E-state index is 12.2. The molecule has 0 fully saturated rings. The van der Waals surface area contributed by atoms with E-state index >= 15 is 0 Å². The van der Waals surface area contributed by atoms with Gasteiger partial charge in [-0.05, 0) is 42.7 Å². The second-order valence-electron chi connectivity index (χ2n) is 4.55. The first-order chi connectivity index (χ1) is 9.11. The van der Waals surface area contributed by atoms with Gasteiger partial charge < -0.3 is 5.32 Å². The highest BCUT2D eigenvalue weighted by atomic mass is 35.5. The first kappa shape index (κ1) is 13.6. The molecule has 0 atom stereocenters. The highest BCUT2D eigenvalue weighted by Gasteiger charge is 2.09. The lowest BCUT2D eigenvalue weighted by Crippen LogP contribution is -2.13. The molecule has 0 aliphatic carbocycles. The largest absolute Gasteiger partial charge is 0.322 e. The van der Waals surface area contributed by atoms with Gasteiger partial charge in [0.15, 0.2) is 0 Å². The van der Waals surface area contributed by atoms with Crippen LogP contribution in [0, 0.1) is 13.8 Å². The number of anilines is 1. The molecule has 1 amide bonds. The minimum atomic E-state index is -0.107. The van der Waals surface area contributed by atoms with Crippen LogP contribution in [-0.4, -0.2) is 5.91 Å². The standard InChI is InChI=1S/C16H16ClNO/c1-11-5-3-6-12(2)15(11)18-16(19)14-8-4-7-13(9-14)10-17/h3-9H,10H2,1-2H3,(H,18,19). The van der Waals surface area contributed by atoms with Crippen LogP contribution in [0.15, 0.2) is 42.5 Å². The summed E-state index contributed by atoms with van der Waals surface area (Å²) in [6.45, 7) is 3.97. The third kappa shape index (κ3) is 3.15. The van der Waals surface area contributed by atoms with Gasteiger partial charge >= 0.3 is 0 Å². The second kappa shape index (κ2) is 5.89. The third-order valence-electron chi connectivity index (χ3n) is 3.06. The first-order valence-electron chi connectivity index (χ1n) is 6.14. The van der Waals surface area contributed by atoms with Crippen LogP contribution in [0.3, 0.4) is 0 Å². The molecule has 2 nitrogen and oxygen atoms in total. The van der Waals surface area contributed by atoms with Gasteiger partial charge in [-0.3, -0.25) is 4.79 Å². The Labute approximate surface area is 118 Å². The summed E-state index contributed by atoms with van der Waals surface area (Å²) in [4.78, 5) is 12.2. The predicted molar refractivity (Wildman–Crippen MR) is 79.9 cm³/mol. The van der Waals surface area contributed by atoms with E-state index < -0.39 is 0 Å². The van der Waals surface area contributed by atoms with Gasteiger partial charge in [0.1, 0.15) is 0 Å². The maximum Gasteiger partial charge on any atom is 0.255 e. The van der Waals surface area contributed by atoms with Crippen molar-refractivity contribution >= 4 is 23.2 Å². The zero-order valence-electron chi connectivity index (χ0n) is 11.0. The van der Waals surface area contributed by atoms with Crippen LogP contribution in [-0.2, 0) is 5.88 Å². The van der Waals surface area contributed by atoms with Gasteiger partial charge in [-0.15, -0.1) is 11.6 Å². The van der Waals surface area contributed by atoms with Gasteiger partial charge in [0.2, 0.25) is 0 Å². The van der Waals surface area contributed by atoms with Crippen LogP contribution in [0.1, 0.15) is 27.0 Å². The molecule has 0 radical (unpaired) electrons. The van der Waals surface area contributed by atoms with Crippen LogP contribution in [0.25, 0.3) is 0 Å². The highest BCUT2D eigenvalue weighted by molar-refractivity contribution is 6.17. The molecule has 1 N–H and O–H groups in total. The quantitative estimate of drug-likeness (QED) is 0.830. The fourth-order valence-corrected chi connectivity index (χ4v) is 2.16. The third-order valence-corrected chi connectivity index (χ3v) is 3.37. The fourth-order valence-electron chi connectivity index (χ4n) is 1.99. The molecule has 2 aromatic rings. The number of halogens is 1. The predicted octanol–water partition coefficient (Wildman–Crippen LogP) is 4.29. The van der Waals surface area contributed by atoms with Crippen LogP contribution in [0.2, 0.25) is 0 Å². The van der Waals surface area contributed by atoms with E-state index in [-0.39, 0.29) is 5.91 Å². The summed E-state index contributed by atoms with van der Waals surface area (Å²) < 4.78 is 0. The Balaban J connectivity index is 2.25. The molecule has 0 spiro atoms. The Morgan fingerprint density at radius 1 is 1.11 bits per heavy atom. The van der Waals surface area contributed by atoms with E-state index in [1.54, 1.807) is 6.07 Å². The van der Waals surface area contributed by atoms with Crippen molar-refractivity contribution in [3.8, 4) is 0 Å². The average Bonchev–Trinajstić information content (AvgIpc) is 2.43. The molecule has 2 aromatic carbocycles. The van der Waals surface area contributed by atoms with Crippen molar-refractivity contribution in [2.24, 2.45) is 0 Å². The molecule has 0 saturated heterocycles. The summed E-state index contributed by atoms with van der Waals surface area (Å²) in [5.41, 5.74) is 4.56. The van der Waals surface area contributed by atoms with Crippen LogP contribution in [0.4, 0.5) is 5.69 Å². The average molecular weight is 274 g/mol. The Morgan fingerprint density at radius 3 is 2.37 bits per heavy atom. The lowest BCUT2D eigenvalue weighted by Gasteiger charge is -2.11. The molecule has 0 aliphatic heterocycles. The van der Waals surface area contributed by atoms with Crippen molar-refractivity contribution in [1.82, 2.24) is 0 Å². The van der Waals surface area contributed by atoms with Crippen LogP contribution < -0.4 is 5.32 Å². The number of nitrogens with one attached hydrogen (secondary N) is 1. The highest BCUT2D eigenvalue weighted by Crippen LogP contribution is 2.20. The maximum atomic E-state index is 12.2. The van der Waals surface area contributed by atoms with E-state index in [0.717, 1.165) is 22.4 Å². The van der Waals surface area contributed by atoms with E-state index in [1.165, 1.54) is 0 Å². The second-order valence-corrected chi connectivity index (χ2v) is 4.82. The summed E-state index contributed by atoms with van der Waals surface area (Å²) in [6, 6.07) is 13.3. The lowest BCUT2D eigenvalue weighted by molar-refractivity contribution is 0.102. The zero-order chi connectivity index (χ0) is 13.8. The number of hydrogen-bond acceptors (Lipinski definition) is 1. The van der Waals surface area contributed by atoms with Gasteiger partial charge in [-0.1, -0.05) is 30.3 Å². The molecule has 0 saturated carbocycles. The summed E-state index contributed by atoms with van der Waals surface area (Å²) in [7, 11) is 0. The molecule has 0 bridgehead atoms. The van der Waals surface area contributed by atoms with E-state index in [9.17, 15) is 4.79 Å². The van der Waals surface area contributed by atoms with E-state index in [0.29, 0.717) is 11.4 Å². The van der Waals surface area contributed by atoms with Crippen molar-refractivity contribution in [3.05, 3.63) is 64.7 Å². The van der Waals surface area contributed by atoms with Gasteiger partial charge in [0, 0.05) is 17.1 Å². The Hall–Kier alpha value is -1.80. The van der Waals surface area contributed by atoms with Gasteiger partial charge in [-0.2, -0.15) is 0 Å². The molecule has 0 heterocycles. The number of para-hydroxylation sites is 1. The normalized spacial score (nSPS) is 10.3. The zero-order valence-corrected chi connectivity index (χ0v) is 11.8. The van der Waals surface area contributed by atoms with E-state index in [4.69, 9.17) is 11.6 Å². The van der Waals surface area contributed by atoms with Crippen molar-refractivity contribution in [2.45, 2.75) is 19.7 Å². The minimum absolute atomic E-state index is 0.107. The van der Waals surface area contributed by atoms with E-state index in [1.807, 2.05) is 50.2 Å². The van der Waals surface area contributed by atoms with Crippen molar-refractivity contribution < 1.29 is 4.79 Å². The van der Waals surface area contributed by atoms with Crippen LogP contribution >= 0.6 is 11.6 Å². The summed E-state index contributed by atoms with van der Waals surface area (Å²) in [5, 5.41) is 2.96. The first-order valence-corrected chi connectivity index (χ1v) is 6.67. The number of carbonyl (C=O) groups excluding carboxylic acids is 1. The number of benzene rings is 2. The Bertz CT molecular complexity index is 587. The van der Waals surface area contributed by atoms with Gasteiger partial charge in [0.25, 0.3) is 5.91 Å².